The predicted molar refractivity (Wildman–Crippen MR) is 526 cm³/mol. The smallest absolute Gasteiger partial charge is 0.0974 e. The van der Waals surface area contributed by atoms with E-state index in [0.717, 1.165) is 206 Å². The Morgan fingerprint density at radius 1 is 0.159 bits per heavy atom. The summed E-state index contributed by atoms with van der Waals surface area (Å²) in [5.74, 6) is 0.913. The first-order chi connectivity index (χ1) is 61.6. The van der Waals surface area contributed by atoms with Crippen molar-refractivity contribution in [1.82, 2.24) is 44.9 Å². The summed E-state index contributed by atoms with van der Waals surface area (Å²) in [5.41, 5.74) is 38.0. The molecular weight excluding hydrogens is 1530 g/mol. The maximum absolute atomic E-state index is 5.19. The molecule has 0 saturated carbocycles. The van der Waals surface area contributed by atoms with Crippen LogP contribution in [0.25, 0.3) is 200 Å². The molecule has 0 aliphatic carbocycles. The second-order valence-corrected chi connectivity index (χ2v) is 33.5. The van der Waals surface area contributed by atoms with E-state index in [9.17, 15) is 0 Å². The molecule has 0 fully saturated rings. The van der Waals surface area contributed by atoms with Gasteiger partial charge in [-0.2, -0.15) is 0 Å². The minimum absolute atomic E-state index is 0.280. The fourth-order valence-corrected chi connectivity index (χ4v) is 16.9. The van der Waals surface area contributed by atoms with Crippen LogP contribution in [0.1, 0.15) is 93.5 Å². The lowest BCUT2D eigenvalue weighted by Gasteiger charge is -2.15. The van der Waals surface area contributed by atoms with Crippen molar-refractivity contribution in [3.63, 3.8) is 0 Å². The molecule has 21 aromatic rings. The molecule has 21 rings (SSSR count). The number of hydrogen-bond acceptors (Lipinski definition) is 9. The highest BCUT2D eigenvalue weighted by Gasteiger charge is 2.22. The lowest BCUT2D eigenvalue weighted by atomic mass is 9.94. The third-order valence-electron chi connectivity index (χ3n) is 23.6. The number of hydrogen-bond donors (Lipinski definition) is 0. The van der Waals surface area contributed by atoms with Crippen LogP contribution in [0, 0.1) is 20.8 Å². The Morgan fingerprint density at radius 3 is 0.730 bits per heavy atom. The zero-order chi connectivity index (χ0) is 85.9. The zero-order valence-electron chi connectivity index (χ0n) is 72.1. The number of nitrogens with zero attached hydrogens (tertiary/aromatic N) is 9. The average molecular weight is 1630 g/mol. The summed E-state index contributed by atoms with van der Waals surface area (Å²) < 4.78 is 0. The summed E-state index contributed by atoms with van der Waals surface area (Å²) in [6.07, 6.45) is 0. The number of aromatic nitrogens is 9. The number of rotatable bonds is 15. The van der Waals surface area contributed by atoms with Gasteiger partial charge in [-0.15, -0.1) is 0 Å². The van der Waals surface area contributed by atoms with Crippen LogP contribution in [0.3, 0.4) is 0 Å². The molecule has 0 saturated heterocycles. The Hall–Kier alpha value is -15.5. The van der Waals surface area contributed by atoms with Crippen molar-refractivity contribution in [1.29, 1.82) is 0 Å². The highest BCUT2D eigenvalue weighted by molar-refractivity contribution is 6.11. The molecule has 0 aliphatic rings. The van der Waals surface area contributed by atoms with E-state index in [2.05, 4.69) is 406 Å². The van der Waals surface area contributed by atoms with Gasteiger partial charge in [0.25, 0.3) is 0 Å². The Balaban J connectivity index is 0.000000124. The number of benzene rings is 12. The first kappa shape index (κ1) is 80.3. The molecule has 126 heavy (non-hydrogen) atoms. The van der Waals surface area contributed by atoms with Crippen molar-refractivity contribution >= 4 is 65.4 Å². The van der Waals surface area contributed by atoms with E-state index in [0.29, 0.717) is 5.92 Å². The van der Waals surface area contributed by atoms with Gasteiger partial charge in [0, 0.05) is 99.9 Å². The molecule has 0 N–H and O–H groups in total. The van der Waals surface area contributed by atoms with Crippen LogP contribution in [0.5, 0.6) is 0 Å². The van der Waals surface area contributed by atoms with Crippen molar-refractivity contribution in [3.8, 4) is 134 Å². The second-order valence-electron chi connectivity index (χ2n) is 33.5. The Kier molecular flexibility index (Phi) is 22.4. The van der Waals surface area contributed by atoms with Crippen LogP contribution >= 0.6 is 0 Å². The zero-order valence-corrected chi connectivity index (χ0v) is 72.1. The summed E-state index contributed by atoms with van der Waals surface area (Å²) in [5, 5.41) is 6.65. The van der Waals surface area contributed by atoms with E-state index in [4.69, 9.17) is 44.9 Å². The van der Waals surface area contributed by atoms with Gasteiger partial charge in [0.1, 0.15) is 0 Å². The standard InChI is InChI=1S/C41H35N3.C39H31N3.C37H27N3/c1-26(2)36-21-19-30-18-20-34-35(25-37(27(3)4)44-41(34)40(30)43-36)31-16-11-17-32(22-31)39-24-33(28-12-7-5-8-13-28)23-38(42-39)29-14-9-6-10-15-29;1-25(2)35-24-34(33-20-19-29-18-17-26(3)40-38(29)39(33)42-35)30-15-10-16-31(21-30)37-23-32(27-11-6-4-7-12-27)22-36(41-37)28-13-8-5-9-14-28;1-24-16-17-28-18-19-32-33(20-25(2)39-37(32)36(28)38-24)29-14-9-15-30(21-29)35-23-31(26-10-5-3-6-11-26)22-34(40-35)27-12-7-4-8-13-27/h5-27H,1-4H3;4-25H,1-3H3;3-23H,1-2H3. The van der Waals surface area contributed by atoms with Gasteiger partial charge in [0.15, 0.2) is 0 Å². The molecular formula is C117H93N9. The first-order valence-electron chi connectivity index (χ1n) is 43.4. The summed E-state index contributed by atoms with van der Waals surface area (Å²) >= 11 is 0. The first-order valence-corrected chi connectivity index (χ1v) is 43.4. The lowest BCUT2D eigenvalue weighted by molar-refractivity contribution is 0.826. The number of pyridine rings is 9. The van der Waals surface area contributed by atoms with Gasteiger partial charge in [-0.1, -0.05) is 333 Å². The van der Waals surface area contributed by atoms with Gasteiger partial charge in [0.2, 0.25) is 0 Å². The average Bonchev–Trinajstić information content (AvgIpc) is 0.761. The molecule has 606 valence electrons. The van der Waals surface area contributed by atoms with Crippen molar-refractivity contribution in [3.05, 3.63) is 416 Å². The van der Waals surface area contributed by atoms with Crippen LogP contribution in [0.2, 0.25) is 0 Å². The topological polar surface area (TPSA) is 116 Å². The molecule has 0 atom stereocenters. The minimum Gasteiger partial charge on any atom is -0.251 e. The van der Waals surface area contributed by atoms with Crippen molar-refractivity contribution < 1.29 is 0 Å². The van der Waals surface area contributed by atoms with Gasteiger partial charge in [-0.3, -0.25) is 29.9 Å². The number of fused-ring (bicyclic) bond motifs is 9. The van der Waals surface area contributed by atoms with Gasteiger partial charge in [-0.25, -0.2) is 15.0 Å². The quantitative estimate of drug-likeness (QED) is 0.0925. The minimum atomic E-state index is 0.280. The van der Waals surface area contributed by atoms with Crippen molar-refractivity contribution in [2.75, 3.05) is 0 Å². The third kappa shape index (κ3) is 16.9. The SMILES string of the molecule is CC(C)c1ccc2ccc3c(-c4cccc(-c5cc(-c6ccccc6)cc(-c6ccccc6)n5)c4)cc(C(C)C)nc3c2n1.Cc1ccc2ccc3c(-c4cccc(-c5cc(-c6ccccc6)cc(-c6ccccc6)n5)c4)cc(C(C)C)nc3c2n1.Cc1ccc2ccc3c(-c4cccc(-c5cc(-c6ccccc6)cc(-c6ccccc6)n5)c4)cc(C)nc3c2n1. The molecule has 0 unspecified atom stereocenters. The third-order valence-corrected chi connectivity index (χ3v) is 23.6. The molecule has 9 aromatic heterocycles. The summed E-state index contributed by atoms with van der Waals surface area (Å²) in [4.78, 5) is 45.6. The fourth-order valence-electron chi connectivity index (χ4n) is 16.9. The monoisotopic (exact) mass is 1620 g/mol. The Morgan fingerprint density at radius 2 is 0.405 bits per heavy atom. The van der Waals surface area contributed by atoms with E-state index in [1.165, 1.54) is 27.8 Å². The van der Waals surface area contributed by atoms with Gasteiger partial charge < -0.3 is 0 Å². The van der Waals surface area contributed by atoms with Crippen molar-refractivity contribution in [2.24, 2.45) is 0 Å². The van der Waals surface area contributed by atoms with Gasteiger partial charge >= 0.3 is 0 Å². The Bertz CT molecular complexity index is 7450. The summed E-state index contributed by atoms with van der Waals surface area (Å²) in [6.45, 7) is 19.3. The van der Waals surface area contributed by atoms with Crippen molar-refractivity contribution in [2.45, 2.75) is 80.1 Å². The number of aryl methyl sites for hydroxylation is 3. The van der Waals surface area contributed by atoms with Gasteiger partial charge in [0.05, 0.1) is 67.3 Å². The molecule has 9 heterocycles. The van der Waals surface area contributed by atoms with Crippen LogP contribution in [-0.2, 0) is 0 Å². The molecule has 12 aromatic carbocycles. The molecule has 9 heteroatoms. The Labute approximate surface area is 736 Å². The van der Waals surface area contributed by atoms with Crippen LogP contribution in [0.4, 0.5) is 0 Å². The van der Waals surface area contributed by atoms with E-state index >= 15 is 0 Å². The lowest BCUT2D eigenvalue weighted by Crippen LogP contribution is -1.99. The van der Waals surface area contributed by atoms with Crippen LogP contribution < -0.4 is 0 Å². The molecule has 0 amide bonds. The normalized spacial score (nSPS) is 11.4. The highest BCUT2D eigenvalue weighted by Crippen LogP contribution is 2.43. The fraction of sp³-hybridized carbons (Fsp3) is 0.103. The van der Waals surface area contributed by atoms with E-state index in [1.807, 2.05) is 38.1 Å². The molecule has 9 nitrogen and oxygen atoms in total. The van der Waals surface area contributed by atoms with E-state index in [1.54, 1.807) is 0 Å². The molecule has 0 bridgehead atoms. The van der Waals surface area contributed by atoms with E-state index in [-0.39, 0.29) is 11.8 Å². The van der Waals surface area contributed by atoms with Gasteiger partial charge in [-0.05, 0) is 196 Å². The van der Waals surface area contributed by atoms with Crippen LogP contribution in [-0.4, -0.2) is 44.9 Å². The van der Waals surface area contributed by atoms with Crippen LogP contribution in [0.15, 0.2) is 382 Å². The maximum atomic E-state index is 5.19. The van der Waals surface area contributed by atoms with E-state index < -0.39 is 0 Å². The largest absolute Gasteiger partial charge is 0.251 e. The molecule has 0 radical (unpaired) electrons. The maximum Gasteiger partial charge on any atom is 0.0974 e. The molecule has 0 aliphatic heterocycles. The molecule has 0 spiro atoms. The highest BCUT2D eigenvalue weighted by atomic mass is 14.8. The predicted octanol–water partition coefficient (Wildman–Crippen LogP) is 30.8. The summed E-state index contributed by atoms with van der Waals surface area (Å²) in [6, 6.07) is 135. The second kappa shape index (κ2) is 35.2. The summed E-state index contributed by atoms with van der Waals surface area (Å²) in [7, 11) is 0.